The Balaban J connectivity index is 2.34. The number of nitrogens with one attached hydrogen (secondary N) is 1. The third kappa shape index (κ3) is 7.60. The van der Waals surface area contributed by atoms with Crippen molar-refractivity contribution in [1.82, 2.24) is 5.09 Å². The summed E-state index contributed by atoms with van der Waals surface area (Å²) < 4.78 is 36.7. The summed E-state index contributed by atoms with van der Waals surface area (Å²) >= 11 is 0. The topological polar surface area (TPSA) is 83.1 Å². The molecule has 1 aliphatic heterocycles. The Morgan fingerprint density at radius 1 is 1.13 bits per heavy atom. The monoisotopic (exact) mass is 455 g/mol. The summed E-state index contributed by atoms with van der Waals surface area (Å²) in [5.74, 6) is 0.465. The number of para-hydroxylation sites is 1. The maximum atomic E-state index is 14.0. The van der Waals surface area contributed by atoms with E-state index in [1.165, 1.54) is 0 Å². The lowest BCUT2D eigenvalue weighted by molar-refractivity contribution is -0.149. The Morgan fingerprint density at radius 3 is 2.23 bits per heavy atom. The lowest BCUT2D eigenvalue weighted by Gasteiger charge is -2.28. The Kier molecular flexibility index (Phi) is 9.56. The highest BCUT2D eigenvalue weighted by atomic mass is 31.2. The van der Waals surface area contributed by atoms with Crippen LogP contribution in [0.25, 0.3) is 0 Å². The molecular formula is C23H38NO6P. The Labute approximate surface area is 186 Å². The van der Waals surface area contributed by atoms with Crippen molar-refractivity contribution in [3.05, 3.63) is 29.3 Å². The molecule has 8 heteroatoms. The van der Waals surface area contributed by atoms with Crippen LogP contribution in [0.4, 0.5) is 0 Å². The summed E-state index contributed by atoms with van der Waals surface area (Å²) in [7, 11) is -3.61. The van der Waals surface area contributed by atoms with Gasteiger partial charge in [0.05, 0.1) is 18.8 Å². The highest BCUT2D eigenvalue weighted by Crippen LogP contribution is 2.48. The average molecular weight is 456 g/mol. The number of ether oxygens (including phenoxy) is 3. The van der Waals surface area contributed by atoms with E-state index in [1.54, 1.807) is 20.8 Å². The Bertz CT molecular complexity index is 747. The van der Waals surface area contributed by atoms with Gasteiger partial charge in [0.2, 0.25) is 0 Å². The van der Waals surface area contributed by atoms with Gasteiger partial charge in [-0.3, -0.25) is 9.36 Å². The molecule has 31 heavy (non-hydrogen) atoms. The number of rotatable bonds is 11. The van der Waals surface area contributed by atoms with Crippen LogP contribution in [0.1, 0.15) is 77.8 Å². The van der Waals surface area contributed by atoms with Crippen molar-refractivity contribution < 1.29 is 28.1 Å². The normalized spacial score (nSPS) is 19.6. The number of carbonyl (C=O) groups is 1. The van der Waals surface area contributed by atoms with Crippen LogP contribution in [0.3, 0.4) is 0 Å². The van der Waals surface area contributed by atoms with Crippen molar-refractivity contribution in [3.63, 3.8) is 0 Å². The zero-order valence-electron chi connectivity index (χ0n) is 19.8. The molecule has 1 aromatic carbocycles. The van der Waals surface area contributed by atoms with E-state index in [4.69, 9.17) is 18.7 Å². The third-order valence-corrected chi connectivity index (χ3v) is 6.77. The molecule has 7 nitrogen and oxygen atoms in total. The van der Waals surface area contributed by atoms with Gasteiger partial charge in [-0.1, -0.05) is 45.9 Å². The lowest BCUT2D eigenvalue weighted by Crippen LogP contribution is -2.37. The molecule has 2 unspecified atom stereocenters. The van der Waals surface area contributed by atoms with Crippen molar-refractivity contribution in [2.45, 2.75) is 85.0 Å². The van der Waals surface area contributed by atoms with E-state index in [-0.39, 0.29) is 30.4 Å². The first-order valence-electron chi connectivity index (χ1n) is 11.1. The summed E-state index contributed by atoms with van der Waals surface area (Å²) in [6.07, 6.45) is 0.175. The second-order valence-corrected chi connectivity index (χ2v) is 11.0. The second kappa shape index (κ2) is 11.5. The van der Waals surface area contributed by atoms with E-state index >= 15 is 0 Å². The van der Waals surface area contributed by atoms with Gasteiger partial charge in [-0.2, -0.15) is 0 Å². The first-order chi connectivity index (χ1) is 14.5. The molecule has 1 heterocycles. The number of esters is 1. The van der Waals surface area contributed by atoms with Crippen LogP contribution in [0.15, 0.2) is 18.2 Å². The van der Waals surface area contributed by atoms with Crippen molar-refractivity contribution in [2.75, 3.05) is 19.6 Å². The molecule has 2 rings (SSSR count). The molecule has 1 aliphatic rings. The molecule has 0 aliphatic carbocycles. The molecule has 176 valence electrons. The lowest BCUT2D eigenvalue weighted by atomic mass is 9.94. The van der Waals surface area contributed by atoms with E-state index in [0.29, 0.717) is 19.0 Å². The standard InChI is InChI=1S/C23H38NO6P/c1-15(2)20-9-8-10-21(16(3)4)22(20)30-31(26,14-28-19-11-12-27-13-19)24-18(7)23(25)29-17(5)6/h8-10,15-19H,11-14H2,1-7H3,(H,24,26)/t18?,19-,31?/m0/s1. The van der Waals surface area contributed by atoms with Crippen LogP contribution in [-0.4, -0.2) is 43.8 Å². The third-order valence-electron chi connectivity index (χ3n) is 5.02. The first kappa shape index (κ1) is 25.9. The molecule has 0 radical (unpaired) electrons. The summed E-state index contributed by atoms with van der Waals surface area (Å²) in [4.78, 5) is 12.4. The number of benzene rings is 1. The van der Waals surface area contributed by atoms with Gasteiger partial charge in [0, 0.05) is 6.61 Å². The van der Waals surface area contributed by atoms with Crippen LogP contribution < -0.4 is 9.61 Å². The minimum absolute atomic E-state index is 0.137. The Hall–Kier alpha value is -1.40. The van der Waals surface area contributed by atoms with Crippen LogP contribution in [0, 0.1) is 0 Å². The fraction of sp³-hybridized carbons (Fsp3) is 0.696. The van der Waals surface area contributed by atoms with Gasteiger partial charge in [-0.15, -0.1) is 0 Å². The van der Waals surface area contributed by atoms with Gasteiger partial charge in [0.15, 0.2) is 0 Å². The highest BCUT2D eigenvalue weighted by molar-refractivity contribution is 7.57. The van der Waals surface area contributed by atoms with Crippen molar-refractivity contribution in [1.29, 1.82) is 0 Å². The Morgan fingerprint density at radius 2 is 1.74 bits per heavy atom. The van der Waals surface area contributed by atoms with Gasteiger partial charge < -0.3 is 18.7 Å². The van der Waals surface area contributed by atoms with E-state index in [1.807, 2.05) is 18.2 Å². The van der Waals surface area contributed by atoms with E-state index < -0.39 is 19.5 Å². The quantitative estimate of drug-likeness (QED) is 0.363. The van der Waals surface area contributed by atoms with Crippen LogP contribution in [0.5, 0.6) is 5.75 Å². The van der Waals surface area contributed by atoms with Crippen molar-refractivity contribution >= 4 is 13.5 Å². The van der Waals surface area contributed by atoms with Gasteiger partial charge in [-0.25, -0.2) is 5.09 Å². The number of hydrogen-bond acceptors (Lipinski definition) is 6. The molecule has 1 fully saturated rings. The predicted molar refractivity (Wildman–Crippen MR) is 122 cm³/mol. The summed E-state index contributed by atoms with van der Waals surface area (Å²) in [6.45, 7) is 14.5. The minimum Gasteiger partial charge on any atom is -0.462 e. The van der Waals surface area contributed by atoms with E-state index in [2.05, 4.69) is 32.8 Å². The zero-order valence-corrected chi connectivity index (χ0v) is 20.7. The number of carbonyl (C=O) groups excluding carboxylic acids is 1. The molecule has 0 saturated carbocycles. The summed E-state index contributed by atoms with van der Waals surface area (Å²) in [5, 5.41) is 2.90. The van der Waals surface area contributed by atoms with Gasteiger partial charge in [-0.05, 0) is 50.2 Å². The molecule has 1 saturated heterocycles. The van der Waals surface area contributed by atoms with Gasteiger partial charge >= 0.3 is 13.5 Å². The molecular weight excluding hydrogens is 417 g/mol. The maximum absolute atomic E-state index is 14.0. The van der Waals surface area contributed by atoms with Crippen LogP contribution in [0.2, 0.25) is 0 Å². The highest BCUT2D eigenvalue weighted by Gasteiger charge is 2.34. The first-order valence-corrected chi connectivity index (χ1v) is 12.9. The maximum Gasteiger partial charge on any atom is 0.342 e. The molecule has 1 N–H and O–H groups in total. The summed E-state index contributed by atoms with van der Waals surface area (Å²) in [6, 6.07) is 5.15. The van der Waals surface area contributed by atoms with Crippen LogP contribution >= 0.6 is 7.52 Å². The second-order valence-electron chi connectivity index (χ2n) is 8.96. The predicted octanol–water partition coefficient (Wildman–Crippen LogP) is 5.20. The molecule has 3 atom stereocenters. The van der Waals surface area contributed by atoms with Gasteiger partial charge in [0.1, 0.15) is 18.1 Å². The van der Waals surface area contributed by atoms with Crippen LogP contribution in [-0.2, 0) is 23.6 Å². The SMILES string of the molecule is CC(C)OC(=O)C(C)NP(=O)(CO[C@H]1CCOC1)Oc1c(C(C)C)cccc1C(C)C. The summed E-state index contributed by atoms with van der Waals surface area (Å²) in [5.41, 5.74) is 1.93. The molecule has 0 spiro atoms. The van der Waals surface area contributed by atoms with Crippen molar-refractivity contribution in [2.24, 2.45) is 0 Å². The molecule has 0 bridgehead atoms. The fourth-order valence-electron chi connectivity index (χ4n) is 3.36. The zero-order chi connectivity index (χ0) is 23.2. The molecule has 1 aromatic rings. The van der Waals surface area contributed by atoms with Crippen molar-refractivity contribution in [3.8, 4) is 5.75 Å². The van der Waals surface area contributed by atoms with E-state index in [9.17, 15) is 9.36 Å². The smallest absolute Gasteiger partial charge is 0.342 e. The largest absolute Gasteiger partial charge is 0.462 e. The average Bonchev–Trinajstić information content (AvgIpc) is 3.19. The van der Waals surface area contributed by atoms with Gasteiger partial charge in [0.25, 0.3) is 0 Å². The number of hydrogen-bond donors (Lipinski definition) is 1. The van der Waals surface area contributed by atoms with E-state index in [0.717, 1.165) is 17.5 Å². The fourth-order valence-corrected chi connectivity index (χ4v) is 5.14. The molecule has 0 aromatic heterocycles. The minimum atomic E-state index is -3.61. The molecule has 0 amide bonds.